The van der Waals surface area contributed by atoms with E-state index >= 15 is 0 Å². The molecule has 8 heteroatoms. The van der Waals surface area contributed by atoms with Crippen LogP contribution in [0.4, 0.5) is 5.69 Å². The largest absolute Gasteiger partial charge is 2.00 e. The summed E-state index contributed by atoms with van der Waals surface area (Å²) in [7, 11) is -1.09. The number of para-hydroxylation sites is 1. The van der Waals surface area contributed by atoms with E-state index in [1.54, 1.807) is 0 Å². The molecule has 0 N–H and O–H groups in total. The number of carboxylic acid groups (broad SMARTS) is 2. The summed E-state index contributed by atoms with van der Waals surface area (Å²) in [5, 5.41) is 23.4. The number of hydrogen-bond donors (Lipinski definition) is 0. The SMILES string of the molecule is CC(=O)[O-].CC(=O)[O-].[Pd+2].c1ccc(N(CP(c2ccccc2)c2ccccc2)CP(c2ccccc2)c2ccccc2)cc1. The van der Waals surface area contributed by atoms with Crippen LogP contribution in [0.3, 0.4) is 0 Å². The number of benzene rings is 5. The third kappa shape index (κ3) is 12.9. The molecule has 44 heavy (non-hydrogen) atoms. The minimum atomic E-state index is -1.08. The Balaban J connectivity index is 0.000000672. The molecule has 0 atom stereocenters. The molecule has 0 aliphatic carbocycles. The molecule has 5 nitrogen and oxygen atoms in total. The average Bonchev–Trinajstić information content (AvgIpc) is 3.03. The Labute approximate surface area is 276 Å². The van der Waals surface area contributed by atoms with Gasteiger partial charge in [-0.05, 0) is 63.0 Å². The molecule has 0 bridgehead atoms. The number of carbonyl (C=O) groups is 2. The van der Waals surface area contributed by atoms with Crippen molar-refractivity contribution in [2.24, 2.45) is 0 Å². The van der Waals surface area contributed by atoms with Gasteiger partial charge in [-0.3, -0.25) is 0 Å². The van der Waals surface area contributed by atoms with E-state index in [9.17, 15) is 0 Å². The number of anilines is 1. The molecule has 0 saturated heterocycles. The van der Waals surface area contributed by atoms with Gasteiger partial charge in [0.05, 0.1) is 0 Å². The van der Waals surface area contributed by atoms with Crippen LogP contribution in [0, 0.1) is 0 Å². The first kappa shape index (κ1) is 36.6. The molecular formula is C36H35NO4P2Pd. The molecule has 0 heterocycles. The maximum Gasteiger partial charge on any atom is 2.00 e. The van der Waals surface area contributed by atoms with E-state index < -0.39 is 27.8 Å². The predicted octanol–water partition coefficient (Wildman–Crippen LogP) is 4.18. The predicted molar refractivity (Wildman–Crippen MR) is 178 cm³/mol. The monoisotopic (exact) mass is 713 g/mol. The maximum atomic E-state index is 8.89. The van der Waals surface area contributed by atoms with E-state index in [2.05, 4.69) is 157 Å². The van der Waals surface area contributed by atoms with Gasteiger partial charge < -0.3 is 24.7 Å². The molecular weight excluding hydrogens is 679 g/mol. The molecule has 0 aliphatic rings. The van der Waals surface area contributed by atoms with Gasteiger partial charge in [0.1, 0.15) is 0 Å². The van der Waals surface area contributed by atoms with Crippen molar-refractivity contribution in [1.82, 2.24) is 0 Å². The Morgan fingerprint density at radius 1 is 0.477 bits per heavy atom. The Kier molecular flexibility index (Phi) is 16.9. The zero-order valence-corrected chi connectivity index (χ0v) is 28.0. The molecule has 0 amide bonds. The molecule has 0 saturated carbocycles. The third-order valence-electron chi connectivity index (χ3n) is 6.02. The average molecular weight is 714 g/mol. The molecule has 0 aromatic heterocycles. The van der Waals surface area contributed by atoms with Crippen molar-refractivity contribution in [3.05, 3.63) is 152 Å². The minimum Gasteiger partial charge on any atom is -0.550 e. The van der Waals surface area contributed by atoms with Gasteiger partial charge in [0.25, 0.3) is 0 Å². The van der Waals surface area contributed by atoms with E-state index in [4.69, 9.17) is 19.8 Å². The maximum absolute atomic E-state index is 8.89. The quantitative estimate of drug-likeness (QED) is 0.169. The van der Waals surface area contributed by atoms with Crippen LogP contribution in [-0.4, -0.2) is 24.5 Å². The summed E-state index contributed by atoms with van der Waals surface area (Å²) in [6, 6.07) is 55.1. The molecule has 5 aromatic rings. The van der Waals surface area contributed by atoms with Crippen molar-refractivity contribution in [2.45, 2.75) is 13.8 Å². The topological polar surface area (TPSA) is 83.5 Å². The first-order chi connectivity index (χ1) is 20.8. The van der Waals surface area contributed by atoms with E-state index in [1.807, 2.05) is 0 Å². The number of rotatable bonds is 9. The second-order valence-electron chi connectivity index (χ2n) is 9.34. The Morgan fingerprint density at radius 2 is 0.682 bits per heavy atom. The first-order valence-electron chi connectivity index (χ1n) is 13.8. The summed E-state index contributed by atoms with van der Waals surface area (Å²) in [5.41, 5.74) is 1.28. The smallest absolute Gasteiger partial charge is 0.550 e. The number of hydrogen-bond acceptors (Lipinski definition) is 5. The summed E-state index contributed by atoms with van der Waals surface area (Å²) in [6.07, 6.45) is 1.96. The number of carboxylic acids is 2. The van der Waals surface area contributed by atoms with Crippen LogP contribution in [0.1, 0.15) is 13.8 Å². The van der Waals surface area contributed by atoms with Gasteiger partial charge in [0.15, 0.2) is 0 Å². The zero-order chi connectivity index (χ0) is 30.9. The van der Waals surface area contributed by atoms with Crippen molar-refractivity contribution < 1.29 is 40.2 Å². The first-order valence-corrected chi connectivity index (χ1v) is 16.8. The third-order valence-corrected chi connectivity index (χ3v) is 11.0. The standard InChI is InChI=1S/C32H29NP2.2C2H4O2.Pd/c1-6-16-28(17-7-1)33(26-34(29-18-8-2-9-19-29)30-20-10-3-11-21-30)27-35(31-22-12-4-13-23-31)32-24-14-5-15-25-32;2*1-2(3)4;/h1-25H,26-27H2;2*1H3,(H,3,4);/q;;;+2/p-2. The fraction of sp³-hybridized carbons (Fsp3) is 0.111. The van der Waals surface area contributed by atoms with Crippen molar-refractivity contribution >= 4 is 54.7 Å². The Hall–Kier alpha value is -3.64. The van der Waals surface area contributed by atoms with Crippen LogP contribution >= 0.6 is 15.8 Å². The van der Waals surface area contributed by atoms with Crippen LogP contribution in [0.15, 0.2) is 152 Å². The number of aliphatic carboxylic acids is 2. The molecule has 0 aliphatic heterocycles. The van der Waals surface area contributed by atoms with Crippen LogP contribution < -0.4 is 36.3 Å². The summed E-state index contributed by atoms with van der Waals surface area (Å²) < 4.78 is 0. The fourth-order valence-corrected chi connectivity index (χ4v) is 8.99. The van der Waals surface area contributed by atoms with Gasteiger partial charge in [-0.2, -0.15) is 0 Å². The Bertz CT molecular complexity index is 1310. The van der Waals surface area contributed by atoms with Gasteiger partial charge in [-0.15, -0.1) is 0 Å². The van der Waals surface area contributed by atoms with Crippen molar-refractivity contribution in [2.75, 3.05) is 17.5 Å². The van der Waals surface area contributed by atoms with Gasteiger partial charge >= 0.3 is 20.4 Å². The summed E-state index contributed by atoms with van der Waals surface area (Å²) >= 11 is 0. The molecule has 0 fully saturated rings. The van der Waals surface area contributed by atoms with Gasteiger partial charge in [-0.25, -0.2) is 0 Å². The van der Waals surface area contributed by atoms with E-state index in [-0.39, 0.29) is 20.4 Å². The van der Waals surface area contributed by atoms with E-state index in [0.29, 0.717) is 0 Å². The minimum absolute atomic E-state index is 0. The molecule has 5 rings (SSSR count). The summed E-state index contributed by atoms with van der Waals surface area (Å²) in [5.74, 6) is -2.17. The normalized spacial score (nSPS) is 9.91. The zero-order valence-electron chi connectivity index (χ0n) is 24.6. The fourth-order valence-electron chi connectivity index (χ4n) is 4.24. The van der Waals surface area contributed by atoms with Crippen LogP contribution in [0.25, 0.3) is 0 Å². The molecule has 228 valence electrons. The number of nitrogens with zero attached hydrogens (tertiary/aromatic N) is 1. The summed E-state index contributed by atoms with van der Waals surface area (Å²) in [4.78, 5) is 20.4. The number of carbonyl (C=O) groups excluding carboxylic acids is 2. The van der Waals surface area contributed by atoms with Crippen LogP contribution in [-0.2, 0) is 30.0 Å². The van der Waals surface area contributed by atoms with Gasteiger partial charge in [-0.1, -0.05) is 140 Å². The van der Waals surface area contributed by atoms with Crippen LogP contribution in [0.2, 0.25) is 0 Å². The van der Waals surface area contributed by atoms with E-state index in [1.165, 1.54) is 26.9 Å². The van der Waals surface area contributed by atoms with Crippen molar-refractivity contribution in [3.63, 3.8) is 0 Å². The second kappa shape index (κ2) is 20.3. The van der Waals surface area contributed by atoms with Gasteiger partial charge in [0.2, 0.25) is 0 Å². The Morgan fingerprint density at radius 3 is 0.909 bits per heavy atom. The molecule has 0 spiro atoms. The van der Waals surface area contributed by atoms with Crippen LogP contribution in [0.5, 0.6) is 0 Å². The molecule has 0 radical (unpaired) electrons. The second-order valence-corrected chi connectivity index (χ2v) is 13.7. The molecule has 0 unspecified atom stereocenters. The van der Waals surface area contributed by atoms with Crippen molar-refractivity contribution in [1.29, 1.82) is 0 Å². The summed E-state index contributed by atoms with van der Waals surface area (Å²) in [6.45, 7) is 1.94. The van der Waals surface area contributed by atoms with E-state index in [0.717, 1.165) is 26.4 Å². The van der Waals surface area contributed by atoms with Gasteiger partial charge in [0, 0.05) is 30.2 Å². The molecule has 5 aromatic carbocycles. The van der Waals surface area contributed by atoms with Crippen molar-refractivity contribution in [3.8, 4) is 0 Å².